The van der Waals surface area contributed by atoms with Crippen molar-refractivity contribution >= 4 is 70.5 Å². The zero-order valence-electron chi connectivity index (χ0n) is 42.3. The Morgan fingerprint density at radius 3 is 2.05 bits per heavy atom. The Balaban J connectivity index is 1.66. The molecule has 2 aromatic heterocycles. The van der Waals surface area contributed by atoms with E-state index in [1.165, 1.54) is 0 Å². The molecular weight excluding hydrogens is 494 g/mol. The van der Waals surface area contributed by atoms with Gasteiger partial charge in [-0.05, 0) is 65.5 Å². The van der Waals surface area contributed by atoms with E-state index in [9.17, 15) is 9.60 Å². The summed E-state index contributed by atoms with van der Waals surface area (Å²) in [6.45, 7) is 0. The predicted octanol–water partition coefficient (Wildman–Crippen LogP) is 11.1. The Hall–Kier alpha value is -4.86. The van der Waals surface area contributed by atoms with Gasteiger partial charge in [0.2, 0.25) is 0 Å². The summed E-state index contributed by atoms with van der Waals surface area (Å²) in [7, 11) is 0. The fraction of sp³-hybridized carbons (Fsp3) is 0. The van der Waals surface area contributed by atoms with Crippen LogP contribution in [0.25, 0.3) is 53.2 Å². The van der Waals surface area contributed by atoms with Crippen molar-refractivity contribution in [3.8, 4) is 11.1 Å². The second kappa shape index (κ2) is 8.87. The Morgan fingerprint density at radius 2 is 1.18 bits per heavy atom. The molecule has 0 amide bonds. The van der Waals surface area contributed by atoms with Crippen molar-refractivity contribution in [2.45, 2.75) is 0 Å². The van der Waals surface area contributed by atoms with E-state index in [0.717, 1.165) is 0 Å². The maximum Gasteiger partial charge on any atom is 0.135 e. The van der Waals surface area contributed by atoms with Gasteiger partial charge < -0.3 is 9.32 Å². The summed E-state index contributed by atoms with van der Waals surface area (Å²) in [6, 6.07) is -19.5. The highest BCUT2D eigenvalue weighted by molar-refractivity contribution is 7.26. The third-order valence-corrected chi connectivity index (χ3v) is 6.85. The van der Waals surface area contributed by atoms with Crippen LogP contribution >= 0.6 is 11.3 Å². The first kappa shape index (κ1) is 9.11. The Bertz CT molecular complexity index is 3350. The molecule has 0 fully saturated rings. The van der Waals surface area contributed by atoms with E-state index in [-0.39, 0.29) is 20.2 Å². The Labute approximate surface area is 262 Å². The van der Waals surface area contributed by atoms with Gasteiger partial charge >= 0.3 is 0 Å². The molecule has 6 aromatic carbocycles. The molecule has 2 nitrogen and oxygen atoms in total. The van der Waals surface area contributed by atoms with Gasteiger partial charge in [-0.3, -0.25) is 0 Å². The Kier molecular flexibility index (Phi) is 2.07. The summed E-state index contributed by atoms with van der Waals surface area (Å²) < 4.78 is 207. The van der Waals surface area contributed by atoms with Gasteiger partial charge in [0.25, 0.3) is 0 Å². The van der Waals surface area contributed by atoms with Crippen molar-refractivity contribution in [1.82, 2.24) is 0 Å². The van der Waals surface area contributed by atoms with Crippen LogP contribution in [0.1, 0.15) is 31.5 Å². The van der Waals surface area contributed by atoms with E-state index in [4.69, 9.17) is 26.3 Å². The molecular formula is C36H23NOS. The third-order valence-electron chi connectivity index (χ3n) is 5.83. The van der Waals surface area contributed by atoms with Crippen LogP contribution in [-0.4, -0.2) is 0 Å². The van der Waals surface area contributed by atoms with Crippen molar-refractivity contribution in [2.75, 3.05) is 4.90 Å². The molecule has 0 bridgehead atoms. The number of hydrogen-bond donors (Lipinski definition) is 0. The molecule has 8 aromatic rings. The van der Waals surface area contributed by atoms with Gasteiger partial charge in [-0.1, -0.05) is 84.6 Å². The van der Waals surface area contributed by atoms with Crippen molar-refractivity contribution in [3.63, 3.8) is 0 Å². The van der Waals surface area contributed by atoms with Crippen molar-refractivity contribution in [3.05, 3.63) is 139 Å². The highest BCUT2D eigenvalue weighted by Crippen LogP contribution is 2.45. The lowest BCUT2D eigenvalue weighted by Gasteiger charge is -2.27. The lowest BCUT2D eigenvalue weighted by molar-refractivity contribution is 0.669. The predicted molar refractivity (Wildman–Crippen MR) is 167 cm³/mol. The molecule has 0 radical (unpaired) electrons. The van der Waals surface area contributed by atoms with E-state index < -0.39 is 189 Å². The number of anilines is 3. The molecule has 0 aliphatic heterocycles. The number of para-hydroxylation sites is 1. The number of fused-ring (bicyclic) bond motifs is 6. The van der Waals surface area contributed by atoms with Gasteiger partial charge in [-0.2, -0.15) is 0 Å². The minimum absolute atomic E-state index is 0.174. The number of thiophene rings is 1. The standard InChI is InChI=1S/C36H23NOS/c1-2-9-24(10-3-1)25-17-19-26(20-18-25)37(27-21-22-33-30(23-27)28-11-4-6-14-32(28)38-33)31-13-8-16-35-36(31)29-12-5-7-15-34(29)39-35/h1-23H/i1D,2D,3D,4D,5D,6D,7D,8D,9D,10D,11D,12D,13D,14D,15D,16D,17D,18D,19D,20D,21D,22D,23D. The van der Waals surface area contributed by atoms with Gasteiger partial charge in [0.1, 0.15) is 11.2 Å². The number of hydrogen-bond acceptors (Lipinski definition) is 3. The van der Waals surface area contributed by atoms with Crippen molar-refractivity contribution in [2.24, 2.45) is 0 Å². The average Bonchev–Trinajstić information content (AvgIpc) is 3.85. The second-order valence-corrected chi connectivity index (χ2v) is 9.05. The van der Waals surface area contributed by atoms with Crippen LogP contribution in [0.15, 0.2) is 143 Å². The van der Waals surface area contributed by atoms with Crippen LogP contribution in [0.5, 0.6) is 0 Å². The molecule has 184 valence electrons. The molecule has 0 aliphatic rings. The van der Waals surface area contributed by atoms with Crippen molar-refractivity contribution < 1.29 is 35.9 Å². The second-order valence-electron chi connectivity index (χ2n) is 8.03. The molecule has 0 saturated heterocycles. The smallest absolute Gasteiger partial charge is 0.135 e. The monoisotopic (exact) mass is 540 g/mol. The minimum atomic E-state index is -1.09. The van der Waals surface area contributed by atoms with Crippen LogP contribution in [0, 0.1) is 0 Å². The summed E-state index contributed by atoms with van der Waals surface area (Å²) in [5.74, 6) is 0. The van der Waals surface area contributed by atoms with Crippen LogP contribution in [0.3, 0.4) is 0 Å². The summed E-state index contributed by atoms with van der Waals surface area (Å²) in [4.78, 5) is 0.620. The minimum Gasteiger partial charge on any atom is -0.456 e. The quantitative estimate of drug-likeness (QED) is 0.221. The molecule has 2 heterocycles. The SMILES string of the molecule is [2H]c1c([2H])c([2H])c(-c2c([2H])c([2H])c(N(c3c([2H])c([2H])c4oc5c([2H])c([2H])c([2H])c([2H])c5c4c3[2H])c3c([2H])c([2H])c([2H])c4sc5c([2H])c([2H])c([2H])c([2H])c5c34)c([2H])c2[2H])c([2H])c1[2H]. The van der Waals surface area contributed by atoms with E-state index in [2.05, 4.69) is 0 Å². The fourth-order valence-electron chi connectivity index (χ4n) is 4.17. The molecule has 0 saturated carbocycles. The van der Waals surface area contributed by atoms with Gasteiger partial charge in [0.05, 0.1) is 37.2 Å². The highest BCUT2D eigenvalue weighted by Gasteiger charge is 2.19. The summed E-state index contributed by atoms with van der Waals surface area (Å²) in [5, 5.41) is -1.66. The summed E-state index contributed by atoms with van der Waals surface area (Å²) in [5.41, 5.74) is -5.10. The highest BCUT2D eigenvalue weighted by atomic mass is 32.1. The van der Waals surface area contributed by atoms with Gasteiger partial charge in [0.15, 0.2) is 0 Å². The average molecular weight is 541 g/mol. The van der Waals surface area contributed by atoms with Gasteiger partial charge in [-0.25, -0.2) is 0 Å². The summed E-state index contributed by atoms with van der Waals surface area (Å²) >= 11 is 0.623. The summed E-state index contributed by atoms with van der Waals surface area (Å²) in [6.07, 6.45) is 0. The van der Waals surface area contributed by atoms with Crippen molar-refractivity contribution in [1.29, 1.82) is 0 Å². The zero-order chi connectivity index (χ0) is 45.8. The normalized spacial score (nSPS) is 19.8. The fourth-order valence-corrected chi connectivity index (χ4v) is 5.13. The molecule has 3 heteroatoms. The molecule has 39 heavy (non-hydrogen) atoms. The van der Waals surface area contributed by atoms with Crippen LogP contribution in [-0.2, 0) is 0 Å². The molecule has 8 rings (SSSR count). The van der Waals surface area contributed by atoms with Crippen LogP contribution in [0.2, 0.25) is 0 Å². The third kappa shape index (κ3) is 3.63. The van der Waals surface area contributed by atoms with E-state index in [0.29, 0.717) is 16.2 Å². The largest absolute Gasteiger partial charge is 0.456 e. The lowest BCUT2D eigenvalue weighted by Crippen LogP contribution is -2.10. The first-order chi connectivity index (χ1) is 28.9. The van der Waals surface area contributed by atoms with Crippen LogP contribution in [0.4, 0.5) is 17.1 Å². The first-order valence-corrected chi connectivity index (χ1v) is 12.1. The number of furan rings is 1. The molecule has 0 spiro atoms. The zero-order valence-corrected chi connectivity index (χ0v) is 20.1. The molecule has 0 aliphatic carbocycles. The number of benzene rings is 6. The Morgan fingerprint density at radius 1 is 0.513 bits per heavy atom. The number of nitrogens with zero attached hydrogens (tertiary/aromatic N) is 1. The molecule has 0 atom stereocenters. The lowest BCUT2D eigenvalue weighted by atomic mass is 10.0. The van der Waals surface area contributed by atoms with E-state index in [1.807, 2.05) is 0 Å². The molecule has 0 N–H and O–H groups in total. The van der Waals surface area contributed by atoms with Crippen LogP contribution < -0.4 is 4.90 Å². The maximum absolute atomic E-state index is 9.64. The van der Waals surface area contributed by atoms with Gasteiger partial charge in [-0.15, -0.1) is 11.3 Å². The molecule has 0 unspecified atom stereocenters. The van der Waals surface area contributed by atoms with E-state index in [1.54, 1.807) is 0 Å². The maximum atomic E-state index is 9.64. The topological polar surface area (TPSA) is 16.4 Å². The van der Waals surface area contributed by atoms with E-state index >= 15 is 0 Å². The first-order valence-electron chi connectivity index (χ1n) is 22.7. The van der Waals surface area contributed by atoms with Gasteiger partial charge in [0, 0.05) is 42.3 Å². The number of rotatable bonds is 4.